The Labute approximate surface area is 157 Å². The van der Waals surface area contributed by atoms with Crippen LogP contribution in [0.25, 0.3) is 0 Å². The number of carboxylic acids is 1. The summed E-state index contributed by atoms with van der Waals surface area (Å²) in [6, 6.07) is 9.14. The fourth-order valence-corrected chi connectivity index (χ4v) is 3.02. The van der Waals surface area contributed by atoms with Crippen LogP contribution in [0.1, 0.15) is 31.7 Å². The van der Waals surface area contributed by atoms with Crippen molar-refractivity contribution < 1.29 is 24.2 Å². The molecular formula is C19H23N3O5. The highest BCUT2D eigenvalue weighted by atomic mass is 16.6. The molecule has 1 saturated heterocycles. The second kappa shape index (κ2) is 9.57. The van der Waals surface area contributed by atoms with Gasteiger partial charge in [0, 0.05) is 18.9 Å². The van der Waals surface area contributed by atoms with Gasteiger partial charge in [-0.1, -0.05) is 37.3 Å². The first-order valence-electron chi connectivity index (χ1n) is 8.81. The third-order valence-corrected chi connectivity index (χ3v) is 4.54. The number of hydrogen-bond acceptors (Lipinski definition) is 5. The lowest BCUT2D eigenvalue weighted by molar-refractivity contribution is -0.143. The third-order valence-electron chi connectivity index (χ3n) is 4.54. The van der Waals surface area contributed by atoms with E-state index >= 15 is 0 Å². The smallest absolute Gasteiger partial charge is 0.410 e. The lowest BCUT2D eigenvalue weighted by atomic mass is 9.98. The zero-order chi connectivity index (χ0) is 19.8. The highest BCUT2D eigenvalue weighted by molar-refractivity contribution is 5.89. The molecule has 27 heavy (non-hydrogen) atoms. The molecule has 2 rings (SSSR count). The van der Waals surface area contributed by atoms with E-state index in [1.54, 1.807) is 6.92 Å². The lowest BCUT2D eigenvalue weighted by Gasteiger charge is -2.26. The number of benzene rings is 1. The van der Waals surface area contributed by atoms with Gasteiger partial charge in [0.25, 0.3) is 0 Å². The molecular weight excluding hydrogens is 350 g/mol. The Morgan fingerprint density at radius 3 is 2.70 bits per heavy atom. The summed E-state index contributed by atoms with van der Waals surface area (Å²) >= 11 is 0. The predicted octanol–water partition coefficient (Wildman–Crippen LogP) is 1.91. The van der Waals surface area contributed by atoms with Gasteiger partial charge in [-0.05, 0) is 18.4 Å². The summed E-state index contributed by atoms with van der Waals surface area (Å²) < 4.78 is 5.28. The second-order valence-electron chi connectivity index (χ2n) is 6.56. The second-order valence-corrected chi connectivity index (χ2v) is 6.56. The van der Waals surface area contributed by atoms with Crippen LogP contribution in [0.5, 0.6) is 0 Å². The first kappa shape index (κ1) is 20.2. The Morgan fingerprint density at radius 1 is 1.37 bits per heavy atom. The van der Waals surface area contributed by atoms with Gasteiger partial charge in [-0.15, -0.1) is 0 Å². The SMILES string of the molecule is C[C@@H](CC#N)[C@H](NC(=O)[C@H]1CCCN1C(=O)OCc1ccccc1)C(=O)O. The molecule has 0 saturated carbocycles. The monoisotopic (exact) mass is 373 g/mol. The van der Waals surface area contributed by atoms with Crippen molar-refractivity contribution in [2.45, 2.75) is 44.9 Å². The molecule has 1 aromatic carbocycles. The summed E-state index contributed by atoms with van der Waals surface area (Å²) in [6.45, 7) is 2.06. The fraction of sp³-hybridized carbons (Fsp3) is 0.474. The van der Waals surface area contributed by atoms with Gasteiger partial charge in [0.1, 0.15) is 18.7 Å². The molecule has 0 bridgehead atoms. The number of carbonyl (C=O) groups is 3. The number of amides is 2. The Morgan fingerprint density at radius 2 is 2.07 bits per heavy atom. The maximum Gasteiger partial charge on any atom is 0.410 e. The zero-order valence-corrected chi connectivity index (χ0v) is 15.1. The Hall–Kier alpha value is -3.08. The number of rotatable bonds is 7. The molecule has 1 aliphatic heterocycles. The van der Waals surface area contributed by atoms with Gasteiger partial charge in [0.15, 0.2) is 0 Å². The van der Waals surface area contributed by atoms with E-state index in [4.69, 9.17) is 10.00 Å². The summed E-state index contributed by atoms with van der Waals surface area (Å²) in [5.74, 6) is -2.29. The van der Waals surface area contributed by atoms with Gasteiger partial charge in [-0.2, -0.15) is 5.26 Å². The molecule has 2 N–H and O–H groups in total. The van der Waals surface area contributed by atoms with E-state index in [9.17, 15) is 19.5 Å². The van der Waals surface area contributed by atoms with E-state index in [2.05, 4.69) is 5.32 Å². The van der Waals surface area contributed by atoms with Crippen LogP contribution < -0.4 is 5.32 Å². The van der Waals surface area contributed by atoms with E-state index < -0.39 is 36.0 Å². The summed E-state index contributed by atoms with van der Waals surface area (Å²) in [5.41, 5.74) is 0.835. The van der Waals surface area contributed by atoms with Crippen molar-refractivity contribution in [3.8, 4) is 6.07 Å². The van der Waals surface area contributed by atoms with Crippen molar-refractivity contribution in [3.63, 3.8) is 0 Å². The van der Waals surface area contributed by atoms with Crippen LogP contribution in [0, 0.1) is 17.2 Å². The molecule has 8 heteroatoms. The minimum absolute atomic E-state index is 0.00471. The standard InChI is InChI=1S/C19H23N3O5/c1-13(9-10-20)16(18(24)25)21-17(23)15-8-5-11-22(15)19(26)27-12-14-6-3-2-4-7-14/h2-4,6-7,13,15-16H,5,8-9,11-12H2,1H3,(H,21,23)(H,24,25)/t13-,15+,16-/m0/s1. The molecule has 0 spiro atoms. The molecule has 1 heterocycles. The number of nitriles is 1. The van der Waals surface area contributed by atoms with Crippen molar-refractivity contribution >= 4 is 18.0 Å². The highest BCUT2D eigenvalue weighted by Crippen LogP contribution is 2.20. The van der Waals surface area contributed by atoms with Gasteiger partial charge < -0.3 is 15.2 Å². The average Bonchev–Trinajstić information content (AvgIpc) is 3.14. The highest BCUT2D eigenvalue weighted by Gasteiger charge is 2.37. The molecule has 2 amide bonds. The molecule has 0 unspecified atom stereocenters. The minimum Gasteiger partial charge on any atom is -0.480 e. The summed E-state index contributed by atoms with van der Waals surface area (Å²) in [5, 5.41) is 20.5. The summed E-state index contributed by atoms with van der Waals surface area (Å²) in [6.07, 6.45) is 0.466. The average molecular weight is 373 g/mol. The van der Waals surface area contributed by atoms with Crippen LogP contribution in [0.2, 0.25) is 0 Å². The fourth-order valence-electron chi connectivity index (χ4n) is 3.02. The summed E-state index contributed by atoms with van der Waals surface area (Å²) in [7, 11) is 0. The molecule has 1 aliphatic rings. The molecule has 1 fully saturated rings. The largest absolute Gasteiger partial charge is 0.480 e. The lowest BCUT2D eigenvalue weighted by Crippen LogP contribution is -2.52. The number of carbonyl (C=O) groups excluding carboxylic acids is 2. The quantitative estimate of drug-likeness (QED) is 0.753. The van der Waals surface area contributed by atoms with E-state index in [1.807, 2.05) is 36.4 Å². The number of ether oxygens (including phenoxy) is 1. The Bertz CT molecular complexity index is 716. The van der Waals surface area contributed by atoms with Crippen LogP contribution in [-0.2, 0) is 20.9 Å². The van der Waals surface area contributed by atoms with Gasteiger partial charge >= 0.3 is 12.1 Å². The van der Waals surface area contributed by atoms with Crippen LogP contribution >= 0.6 is 0 Å². The van der Waals surface area contributed by atoms with Crippen molar-refractivity contribution in [2.75, 3.05) is 6.54 Å². The molecule has 144 valence electrons. The van der Waals surface area contributed by atoms with Gasteiger partial charge in [0.2, 0.25) is 5.91 Å². The van der Waals surface area contributed by atoms with Crippen LogP contribution in [0.3, 0.4) is 0 Å². The molecule has 1 aromatic rings. The van der Waals surface area contributed by atoms with Crippen LogP contribution in [0.4, 0.5) is 4.79 Å². The normalized spacial score (nSPS) is 18.2. The minimum atomic E-state index is -1.21. The third kappa shape index (κ3) is 5.45. The van der Waals surface area contributed by atoms with Gasteiger partial charge in [-0.25, -0.2) is 9.59 Å². The van der Waals surface area contributed by atoms with Crippen molar-refractivity contribution in [1.82, 2.24) is 10.2 Å². The molecule has 3 atom stereocenters. The maximum absolute atomic E-state index is 12.6. The first-order valence-corrected chi connectivity index (χ1v) is 8.81. The van der Waals surface area contributed by atoms with Crippen LogP contribution in [0.15, 0.2) is 30.3 Å². The van der Waals surface area contributed by atoms with Crippen molar-refractivity contribution in [3.05, 3.63) is 35.9 Å². The number of carboxylic acid groups (broad SMARTS) is 1. The predicted molar refractivity (Wildman–Crippen MR) is 95.3 cm³/mol. The summed E-state index contributed by atoms with van der Waals surface area (Å²) in [4.78, 5) is 37.6. The van der Waals surface area contributed by atoms with Gasteiger partial charge in [-0.3, -0.25) is 9.69 Å². The zero-order valence-electron chi connectivity index (χ0n) is 15.1. The van der Waals surface area contributed by atoms with Crippen molar-refractivity contribution in [1.29, 1.82) is 5.26 Å². The number of aliphatic carboxylic acids is 1. The number of likely N-dealkylation sites (tertiary alicyclic amines) is 1. The molecule has 0 radical (unpaired) electrons. The number of hydrogen-bond donors (Lipinski definition) is 2. The van der Waals surface area contributed by atoms with Crippen molar-refractivity contribution in [2.24, 2.45) is 5.92 Å². The van der Waals surface area contributed by atoms with Crippen LogP contribution in [-0.4, -0.2) is 46.6 Å². The van der Waals surface area contributed by atoms with E-state index in [0.29, 0.717) is 19.4 Å². The van der Waals surface area contributed by atoms with E-state index in [-0.39, 0.29) is 13.0 Å². The Kier molecular flexibility index (Phi) is 7.17. The maximum atomic E-state index is 12.6. The van der Waals surface area contributed by atoms with E-state index in [0.717, 1.165) is 5.56 Å². The number of nitrogens with one attached hydrogen (secondary N) is 1. The topological polar surface area (TPSA) is 120 Å². The van der Waals surface area contributed by atoms with Gasteiger partial charge in [0.05, 0.1) is 6.07 Å². The number of nitrogens with zero attached hydrogens (tertiary/aromatic N) is 2. The molecule has 0 aliphatic carbocycles. The molecule has 0 aromatic heterocycles. The first-order chi connectivity index (χ1) is 12.9. The Balaban J connectivity index is 1.97. The molecule has 8 nitrogen and oxygen atoms in total. The van der Waals surface area contributed by atoms with E-state index in [1.165, 1.54) is 4.90 Å².